The number of aldehydes is 1. The van der Waals surface area contributed by atoms with E-state index >= 15 is 0 Å². The van der Waals surface area contributed by atoms with Gasteiger partial charge in [0.05, 0.1) is 5.52 Å². The van der Waals surface area contributed by atoms with Crippen LogP contribution in [0.3, 0.4) is 0 Å². The zero-order valence-electron chi connectivity index (χ0n) is 11.8. The van der Waals surface area contributed by atoms with Crippen LogP contribution in [0.2, 0.25) is 0 Å². The normalized spacial score (nSPS) is 10.9. The van der Waals surface area contributed by atoms with Gasteiger partial charge in [-0.15, -0.1) is 0 Å². The molecule has 0 saturated heterocycles. The van der Waals surface area contributed by atoms with E-state index in [2.05, 4.69) is 37.9 Å². The van der Waals surface area contributed by atoms with E-state index in [0.29, 0.717) is 5.69 Å². The van der Waals surface area contributed by atoms with Crippen LogP contribution in [0, 0.1) is 20.8 Å². The molecule has 100 valence electrons. The fourth-order valence-corrected chi connectivity index (χ4v) is 2.86. The lowest BCUT2D eigenvalue weighted by atomic mass is 9.99. The largest absolute Gasteiger partial charge is 0.299 e. The van der Waals surface area contributed by atoms with Crippen LogP contribution in [0.1, 0.15) is 27.2 Å². The molecule has 0 aliphatic carbocycles. The molecule has 3 rings (SSSR count). The SMILES string of the molecule is Cc1cc(C)c(-c2nc(C=O)c3ccccn23)c(C)c1. The Hall–Kier alpha value is -2.42. The fraction of sp³-hybridized carbons (Fsp3) is 0.176. The summed E-state index contributed by atoms with van der Waals surface area (Å²) in [4.78, 5) is 15.7. The average molecular weight is 264 g/mol. The van der Waals surface area contributed by atoms with Gasteiger partial charge in [0, 0.05) is 11.8 Å². The molecule has 2 aromatic heterocycles. The highest BCUT2D eigenvalue weighted by Gasteiger charge is 2.15. The molecule has 0 aliphatic heterocycles. The number of benzene rings is 1. The van der Waals surface area contributed by atoms with Crippen molar-refractivity contribution in [2.45, 2.75) is 20.8 Å². The number of aryl methyl sites for hydroxylation is 3. The van der Waals surface area contributed by atoms with Crippen LogP contribution in [-0.4, -0.2) is 15.7 Å². The number of carbonyl (C=O) groups is 1. The van der Waals surface area contributed by atoms with Crippen LogP contribution in [0.15, 0.2) is 36.5 Å². The molecule has 1 aromatic carbocycles. The molecule has 2 heterocycles. The lowest BCUT2D eigenvalue weighted by Gasteiger charge is -2.10. The third kappa shape index (κ3) is 1.83. The van der Waals surface area contributed by atoms with Crippen molar-refractivity contribution in [3.8, 4) is 11.4 Å². The minimum atomic E-state index is 0.486. The molecule has 20 heavy (non-hydrogen) atoms. The number of imidazole rings is 1. The topological polar surface area (TPSA) is 34.4 Å². The van der Waals surface area contributed by atoms with E-state index in [4.69, 9.17) is 0 Å². The minimum absolute atomic E-state index is 0.486. The summed E-state index contributed by atoms with van der Waals surface area (Å²) in [5.74, 6) is 0.831. The Bertz CT molecular complexity index is 792. The molecular formula is C17H16N2O. The summed E-state index contributed by atoms with van der Waals surface area (Å²) in [5, 5.41) is 0. The van der Waals surface area contributed by atoms with E-state index < -0.39 is 0 Å². The van der Waals surface area contributed by atoms with Gasteiger partial charge in [0.15, 0.2) is 6.29 Å². The Labute approximate surface area is 117 Å². The van der Waals surface area contributed by atoms with Gasteiger partial charge in [-0.3, -0.25) is 9.20 Å². The first-order valence-electron chi connectivity index (χ1n) is 6.62. The van der Waals surface area contributed by atoms with Gasteiger partial charge in [0.2, 0.25) is 0 Å². The second-order valence-electron chi connectivity index (χ2n) is 5.17. The zero-order chi connectivity index (χ0) is 14.3. The number of hydrogen-bond donors (Lipinski definition) is 0. The molecular weight excluding hydrogens is 248 g/mol. The molecule has 0 N–H and O–H groups in total. The van der Waals surface area contributed by atoms with E-state index in [9.17, 15) is 4.79 Å². The maximum absolute atomic E-state index is 11.2. The Morgan fingerprint density at radius 3 is 2.45 bits per heavy atom. The highest BCUT2D eigenvalue weighted by molar-refractivity contribution is 5.86. The second-order valence-corrected chi connectivity index (χ2v) is 5.17. The number of rotatable bonds is 2. The summed E-state index contributed by atoms with van der Waals surface area (Å²) < 4.78 is 1.98. The van der Waals surface area contributed by atoms with Gasteiger partial charge < -0.3 is 0 Å². The van der Waals surface area contributed by atoms with E-state index in [-0.39, 0.29) is 0 Å². The third-order valence-corrected chi connectivity index (χ3v) is 3.59. The van der Waals surface area contributed by atoms with Gasteiger partial charge in [0.25, 0.3) is 0 Å². The molecule has 0 bridgehead atoms. The Balaban J connectivity index is 2.39. The standard InChI is InChI=1S/C17H16N2O/c1-11-8-12(2)16(13(3)9-11)17-18-14(10-20)15-6-4-5-7-19(15)17/h4-10H,1-3H3. The molecule has 0 saturated carbocycles. The highest BCUT2D eigenvalue weighted by atomic mass is 16.1. The minimum Gasteiger partial charge on any atom is -0.299 e. The highest BCUT2D eigenvalue weighted by Crippen LogP contribution is 2.29. The number of pyridine rings is 1. The number of fused-ring (bicyclic) bond motifs is 1. The monoisotopic (exact) mass is 264 g/mol. The first-order valence-corrected chi connectivity index (χ1v) is 6.62. The van der Waals surface area contributed by atoms with Crippen molar-refractivity contribution in [2.24, 2.45) is 0 Å². The van der Waals surface area contributed by atoms with Crippen molar-refractivity contribution < 1.29 is 4.79 Å². The van der Waals surface area contributed by atoms with E-state index in [0.717, 1.165) is 23.2 Å². The smallest absolute Gasteiger partial charge is 0.170 e. The van der Waals surface area contributed by atoms with E-state index in [1.807, 2.05) is 28.8 Å². The first kappa shape index (κ1) is 12.6. The third-order valence-electron chi connectivity index (χ3n) is 3.59. The number of nitrogens with zero attached hydrogens (tertiary/aromatic N) is 2. The number of aromatic nitrogens is 2. The van der Waals surface area contributed by atoms with Crippen LogP contribution in [0.25, 0.3) is 16.9 Å². The van der Waals surface area contributed by atoms with Crippen LogP contribution < -0.4 is 0 Å². The quantitative estimate of drug-likeness (QED) is 0.661. The molecule has 3 nitrogen and oxygen atoms in total. The summed E-state index contributed by atoms with van der Waals surface area (Å²) in [7, 11) is 0. The summed E-state index contributed by atoms with van der Waals surface area (Å²) >= 11 is 0. The Morgan fingerprint density at radius 1 is 1.10 bits per heavy atom. The Kier molecular flexibility index (Phi) is 2.90. The first-order chi connectivity index (χ1) is 9.61. The van der Waals surface area contributed by atoms with Gasteiger partial charge in [0.1, 0.15) is 11.5 Å². The Morgan fingerprint density at radius 2 is 1.80 bits per heavy atom. The summed E-state index contributed by atoms with van der Waals surface area (Å²) in [6, 6.07) is 10.1. The predicted octanol–water partition coefficient (Wildman–Crippen LogP) is 3.74. The van der Waals surface area contributed by atoms with Crippen molar-refractivity contribution in [3.63, 3.8) is 0 Å². The van der Waals surface area contributed by atoms with Gasteiger partial charge in [-0.25, -0.2) is 4.98 Å². The van der Waals surface area contributed by atoms with Gasteiger partial charge in [-0.05, 0) is 44.0 Å². The molecule has 0 atom stereocenters. The van der Waals surface area contributed by atoms with Crippen LogP contribution in [-0.2, 0) is 0 Å². The predicted molar refractivity (Wildman–Crippen MR) is 80.2 cm³/mol. The average Bonchev–Trinajstić information content (AvgIpc) is 2.77. The second kappa shape index (κ2) is 4.60. The maximum Gasteiger partial charge on any atom is 0.170 e. The van der Waals surface area contributed by atoms with E-state index in [1.165, 1.54) is 16.7 Å². The lowest BCUT2D eigenvalue weighted by molar-refractivity contribution is 0.112. The van der Waals surface area contributed by atoms with Gasteiger partial charge in [-0.2, -0.15) is 0 Å². The molecule has 0 unspecified atom stereocenters. The van der Waals surface area contributed by atoms with E-state index in [1.54, 1.807) is 0 Å². The summed E-state index contributed by atoms with van der Waals surface area (Å²) in [6.45, 7) is 6.25. The molecule has 0 aliphatic rings. The molecule has 3 aromatic rings. The van der Waals surface area contributed by atoms with Crippen LogP contribution in [0.5, 0.6) is 0 Å². The molecule has 0 radical (unpaired) electrons. The van der Waals surface area contributed by atoms with Crippen molar-refractivity contribution in [1.82, 2.24) is 9.38 Å². The zero-order valence-corrected chi connectivity index (χ0v) is 11.8. The lowest BCUT2D eigenvalue weighted by Crippen LogP contribution is -1.95. The molecule has 0 fully saturated rings. The maximum atomic E-state index is 11.2. The molecule has 0 amide bonds. The molecule has 0 spiro atoms. The van der Waals surface area contributed by atoms with Crippen molar-refractivity contribution in [2.75, 3.05) is 0 Å². The summed E-state index contributed by atoms with van der Waals surface area (Å²) in [5.41, 5.74) is 6.02. The fourth-order valence-electron chi connectivity index (χ4n) is 2.86. The molecule has 3 heteroatoms. The number of carbonyl (C=O) groups excluding carboxylic acids is 1. The van der Waals surface area contributed by atoms with Crippen LogP contribution in [0.4, 0.5) is 0 Å². The van der Waals surface area contributed by atoms with Crippen molar-refractivity contribution in [3.05, 3.63) is 58.9 Å². The number of hydrogen-bond acceptors (Lipinski definition) is 2. The van der Waals surface area contributed by atoms with Gasteiger partial charge in [-0.1, -0.05) is 23.8 Å². The van der Waals surface area contributed by atoms with Crippen molar-refractivity contribution >= 4 is 11.8 Å². The summed E-state index contributed by atoms with van der Waals surface area (Å²) in [6.07, 6.45) is 2.76. The van der Waals surface area contributed by atoms with Crippen molar-refractivity contribution in [1.29, 1.82) is 0 Å². The van der Waals surface area contributed by atoms with Crippen LogP contribution >= 0.6 is 0 Å². The van der Waals surface area contributed by atoms with Gasteiger partial charge >= 0.3 is 0 Å².